The van der Waals surface area contributed by atoms with Gasteiger partial charge in [-0.05, 0) is 50.5 Å². The van der Waals surface area contributed by atoms with E-state index >= 15 is 0 Å². The molecule has 1 aromatic heterocycles. The number of nitrogens with one attached hydrogen (secondary N) is 1. The topological polar surface area (TPSA) is 64.5 Å². The molecule has 168 valence electrons. The van der Waals surface area contributed by atoms with Gasteiger partial charge in [-0.1, -0.05) is 0 Å². The maximum Gasteiger partial charge on any atom is 0.421 e. The molecule has 0 aliphatic carbocycles. The number of alkyl halides is 4. The molecular formula is C21H25F4N5O. The Morgan fingerprint density at radius 1 is 1.13 bits per heavy atom. The molecule has 2 aromatic rings. The number of rotatable bonds is 4. The Morgan fingerprint density at radius 2 is 1.87 bits per heavy atom. The molecule has 2 aliphatic heterocycles. The molecule has 3 heterocycles. The van der Waals surface area contributed by atoms with Crippen molar-refractivity contribution in [1.82, 2.24) is 9.97 Å². The third kappa shape index (κ3) is 4.68. The van der Waals surface area contributed by atoms with Gasteiger partial charge in [0.25, 0.3) is 0 Å². The molecule has 31 heavy (non-hydrogen) atoms. The third-order valence-corrected chi connectivity index (χ3v) is 5.89. The summed E-state index contributed by atoms with van der Waals surface area (Å²) in [6, 6.07) is 7.10. The molecule has 0 saturated carbocycles. The Labute approximate surface area is 177 Å². The van der Waals surface area contributed by atoms with E-state index in [0.29, 0.717) is 18.8 Å². The standard InChI is InChI=1S/C21H25F4N5O/c1-13-3-2-9-30(13)19-16(21(23,24)25)11-26-20(28-19)27-14-4-6-15(7-5-14)29-10-8-17(22)18(31)12-29/h4-7,11,13,17-18,31H,2-3,8-10,12H2,1H3,(H,26,27,28)/t13?,17-,18-/m1/s1. The Balaban J connectivity index is 1.53. The second-order valence-corrected chi connectivity index (χ2v) is 8.10. The first-order valence-electron chi connectivity index (χ1n) is 10.4. The van der Waals surface area contributed by atoms with Crippen LogP contribution in [0.2, 0.25) is 0 Å². The van der Waals surface area contributed by atoms with E-state index in [4.69, 9.17) is 0 Å². The van der Waals surface area contributed by atoms with Crippen molar-refractivity contribution < 1.29 is 22.7 Å². The van der Waals surface area contributed by atoms with Gasteiger partial charge in [0, 0.05) is 43.2 Å². The largest absolute Gasteiger partial charge is 0.421 e. The fourth-order valence-corrected chi connectivity index (χ4v) is 4.12. The molecule has 10 heteroatoms. The van der Waals surface area contributed by atoms with Gasteiger partial charge in [0.1, 0.15) is 23.7 Å². The first-order valence-corrected chi connectivity index (χ1v) is 10.4. The summed E-state index contributed by atoms with van der Waals surface area (Å²) in [5.74, 6) is -0.0155. The van der Waals surface area contributed by atoms with Crippen molar-refractivity contribution in [1.29, 1.82) is 0 Å². The van der Waals surface area contributed by atoms with Crippen LogP contribution < -0.4 is 15.1 Å². The maximum absolute atomic E-state index is 13.5. The zero-order chi connectivity index (χ0) is 22.2. The number of hydrogen-bond donors (Lipinski definition) is 2. The molecule has 2 fully saturated rings. The molecule has 6 nitrogen and oxygen atoms in total. The maximum atomic E-state index is 13.5. The molecule has 0 spiro atoms. The number of piperidine rings is 1. The van der Waals surface area contributed by atoms with Crippen molar-refractivity contribution in [3.05, 3.63) is 36.0 Å². The van der Waals surface area contributed by atoms with Crippen LogP contribution in [0.15, 0.2) is 30.5 Å². The molecule has 1 aromatic carbocycles. The minimum atomic E-state index is -4.53. The van der Waals surface area contributed by atoms with Crippen LogP contribution >= 0.6 is 0 Å². The van der Waals surface area contributed by atoms with Gasteiger partial charge in [-0.25, -0.2) is 9.37 Å². The van der Waals surface area contributed by atoms with E-state index in [-0.39, 0.29) is 30.8 Å². The molecule has 2 saturated heterocycles. The average molecular weight is 439 g/mol. The molecule has 0 radical (unpaired) electrons. The second kappa shape index (κ2) is 8.49. The number of hydrogen-bond acceptors (Lipinski definition) is 6. The Kier molecular flexibility index (Phi) is 5.92. The highest BCUT2D eigenvalue weighted by atomic mass is 19.4. The van der Waals surface area contributed by atoms with Crippen LogP contribution in [0.25, 0.3) is 0 Å². The lowest BCUT2D eigenvalue weighted by atomic mass is 10.1. The number of β-amino-alcohol motifs (C(OH)–C–C–N with tert-alkyl or cyclic N) is 1. The lowest BCUT2D eigenvalue weighted by Gasteiger charge is -2.34. The molecule has 4 rings (SSSR count). The summed E-state index contributed by atoms with van der Waals surface area (Å²) in [5, 5.41) is 12.7. The van der Waals surface area contributed by atoms with Crippen molar-refractivity contribution in [3.63, 3.8) is 0 Å². The van der Waals surface area contributed by atoms with Gasteiger partial charge in [0.15, 0.2) is 0 Å². The van der Waals surface area contributed by atoms with E-state index in [2.05, 4.69) is 15.3 Å². The fraction of sp³-hybridized carbons (Fsp3) is 0.524. The van der Waals surface area contributed by atoms with Crippen molar-refractivity contribution in [2.45, 2.75) is 50.7 Å². The highest BCUT2D eigenvalue weighted by Gasteiger charge is 2.38. The van der Waals surface area contributed by atoms with Gasteiger partial charge in [-0.3, -0.25) is 0 Å². The van der Waals surface area contributed by atoms with Crippen molar-refractivity contribution >= 4 is 23.1 Å². The van der Waals surface area contributed by atoms with E-state index < -0.39 is 24.0 Å². The lowest BCUT2D eigenvalue weighted by molar-refractivity contribution is -0.137. The van der Waals surface area contributed by atoms with Crippen LogP contribution in [0, 0.1) is 0 Å². The van der Waals surface area contributed by atoms with Gasteiger partial charge in [-0.15, -0.1) is 0 Å². The van der Waals surface area contributed by atoms with E-state index in [0.717, 1.165) is 24.7 Å². The number of aliphatic hydroxyl groups is 1. The summed E-state index contributed by atoms with van der Waals surface area (Å²) in [7, 11) is 0. The minimum absolute atomic E-state index is 0.0213. The Bertz CT molecular complexity index is 908. The summed E-state index contributed by atoms with van der Waals surface area (Å²) < 4.78 is 53.9. The minimum Gasteiger partial charge on any atom is -0.388 e. The van der Waals surface area contributed by atoms with Crippen LogP contribution in [0.5, 0.6) is 0 Å². The zero-order valence-corrected chi connectivity index (χ0v) is 17.1. The van der Waals surface area contributed by atoms with Gasteiger partial charge < -0.3 is 20.2 Å². The van der Waals surface area contributed by atoms with Gasteiger partial charge >= 0.3 is 6.18 Å². The Hall–Kier alpha value is -2.62. The number of aromatic nitrogens is 2. The highest BCUT2D eigenvalue weighted by Crippen LogP contribution is 2.38. The smallest absolute Gasteiger partial charge is 0.388 e. The first kappa shape index (κ1) is 21.6. The van der Waals surface area contributed by atoms with E-state index in [9.17, 15) is 22.7 Å². The predicted molar refractivity (Wildman–Crippen MR) is 111 cm³/mol. The van der Waals surface area contributed by atoms with Gasteiger partial charge in [0.2, 0.25) is 5.95 Å². The van der Waals surface area contributed by atoms with Crippen molar-refractivity contribution in [3.8, 4) is 0 Å². The molecule has 2 N–H and O–H groups in total. The quantitative estimate of drug-likeness (QED) is 0.699. The van der Waals surface area contributed by atoms with Crippen LogP contribution in [0.1, 0.15) is 31.7 Å². The number of benzene rings is 1. The fourth-order valence-electron chi connectivity index (χ4n) is 4.12. The third-order valence-electron chi connectivity index (χ3n) is 5.89. The molecule has 1 unspecified atom stereocenters. The first-order chi connectivity index (χ1) is 14.7. The summed E-state index contributed by atoms with van der Waals surface area (Å²) in [5.41, 5.74) is 0.609. The van der Waals surface area contributed by atoms with E-state index in [1.54, 1.807) is 29.2 Å². The van der Waals surface area contributed by atoms with Gasteiger partial charge in [0.05, 0.1) is 0 Å². The zero-order valence-electron chi connectivity index (χ0n) is 17.1. The normalized spacial score (nSPS) is 24.5. The van der Waals surface area contributed by atoms with Crippen LogP contribution in [0.3, 0.4) is 0 Å². The van der Waals surface area contributed by atoms with Crippen LogP contribution in [-0.4, -0.2) is 53.0 Å². The molecule has 2 aliphatic rings. The van der Waals surface area contributed by atoms with Crippen LogP contribution in [-0.2, 0) is 6.18 Å². The number of anilines is 4. The molecule has 0 bridgehead atoms. The molecular weight excluding hydrogens is 414 g/mol. The predicted octanol–water partition coefficient (Wildman–Crippen LogP) is 4.14. The second-order valence-electron chi connectivity index (χ2n) is 8.10. The summed E-state index contributed by atoms with van der Waals surface area (Å²) in [6.45, 7) is 3.14. The SMILES string of the molecule is CC1CCCN1c1nc(Nc2ccc(N3CC[C@@H](F)[C@H](O)C3)cc2)ncc1C(F)(F)F. The van der Waals surface area contributed by atoms with Crippen molar-refractivity contribution in [2.75, 3.05) is 34.8 Å². The lowest BCUT2D eigenvalue weighted by Crippen LogP contribution is -2.45. The monoisotopic (exact) mass is 439 g/mol. The van der Waals surface area contributed by atoms with E-state index in [1.165, 1.54) is 0 Å². The number of aliphatic hydroxyl groups excluding tert-OH is 1. The van der Waals surface area contributed by atoms with Crippen LogP contribution in [0.4, 0.5) is 40.7 Å². The summed E-state index contributed by atoms with van der Waals surface area (Å²) in [4.78, 5) is 11.6. The Morgan fingerprint density at radius 3 is 2.48 bits per heavy atom. The average Bonchev–Trinajstić information content (AvgIpc) is 3.15. The number of nitrogens with zero attached hydrogens (tertiary/aromatic N) is 4. The van der Waals surface area contributed by atoms with Gasteiger partial charge in [-0.2, -0.15) is 18.2 Å². The number of halogens is 4. The summed E-state index contributed by atoms with van der Waals surface area (Å²) in [6.07, 6.45) is -4.03. The highest BCUT2D eigenvalue weighted by molar-refractivity contribution is 5.61. The summed E-state index contributed by atoms with van der Waals surface area (Å²) >= 11 is 0. The molecule has 0 amide bonds. The van der Waals surface area contributed by atoms with E-state index in [1.807, 2.05) is 11.8 Å². The van der Waals surface area contributed by atoms with Crippen molar-refractivity contribution in [2.24, 2.45) is 0 Å². The molecule has 3 atom stereocenters.